The summed E-state index contributed by atoms with van der Waals surface area (Å²) < 4.78 is 1.08. The number of thioether (sulfide) groups is 1. The molecule has 1 saturated heterocycles. The lowest BCUT2D eigenvalue weighted by atomic mass is 10.0. The van der Waals surface area contributed by atoms with Crippen LogP contribution in [-0.4, -0.2) is 31.3 Å². The van der Waals surface area contributed by atoms with Gasteiger partial charge in [0.15, 0.2) is 0 Å². The highest BCUT2D eigenvalue weighted by Crippen LogP contribution is 2.25. The van der Waals surface area contributed by atoms with Crippen LogP contribution in [0.15, 0.2) is 27.6 Å². The van der Waals surface area contributed by atoms with Crippen molar-refractivity contribution < 1.29 is 4.79 Å². The van der Waals surface area contributed by atoms with E-state index in [-0.39, 0.29) is 5.91 Å². The standard InChI is InChI=1S/C13H17BrN2OS/c1-9-4-11(14)2-3-12(9)18-8-13(17)16-7-10-5-15-6-10/h2-4,10,15H,5-8H2,1H3,(H,16,17). The second kappa shape index (κ2) is 6.59. The molecule has 0 atom stereocenters. The molecule has 1 fully saturated rings. The maximum absolute atomic E-state index is 11.7. The van der Waals surface area contributed by atoms with Crippen molar-refractivity contribution in [2.45, 2.75) is 11.8 Å². The SMILES string of the molecule is Cc1cc(Br)ccc1SCC(=O)NCC1CNC1. The summed E-state index contributed by atoms with van der Waals surface area (Å²) in [5.41, 5.74) is 1.20. The molecule has 1 aliphatic heterocycles. The minimum atomic E-state index is 0.120. The number of nitrogens with one attached hydrogen (secondary N) is 2. The van der Waals surface area contributed by atoms with Gasteiger partial charge in [0.2, 0.25) is 5.91 Å². The van der Waals surface area contributed by atoms with E-state index < -0.39 is 0 Å². The zero-order valence-electron chi connectivity index (χ0n) is 10.3. The molecule has 0 aromatic heterocycles. The van der Waals surface area contributed by atoms with Crippen molar-refractivity contribution in [2.75, 3.05) is 25.4 Å². The average molecular weight is 329 g/mol. The zero-order chi connectivity index (χ0) is 13.0. The lowest BCUT2D eigenvalue weighted by molar-refractivity contribution is -0.118. The van der Waals surface area contributed by atoms with E-state index in [0.717, 1.165) is 24.1 Å². The molecular weight excluding hydrogens is 312 g/mol. The summed E-state index contributed by atoms with van der Waals surface area (Å²) in [5.74, 6) is 1.23. The molecule has 1 aromatic rings. The van der Waals surface area contributed by atoms with Gasteiger partial charge < -0.3 is 10.6 Å². The van der Waals surface area contributed by atoms with E-state index in [1.54, 1.807) is 11.8 Å². The average Bonchev–Trinajstić information content (AvgIpc) is 2.25. The van der Waals surface area contributed by atoms with E-state index in [4.69, 9.17) is 0 Å². The van der Waals surface area contributed by atoms with Crippen molar-refractivity contribution in [3.63, 3.8) is 0 Å². The Labute approximate surface area is 120 Å². The third-order valence-corrected chi connectivity index (χ3v) is 4.62. The van der Waals surface area contributed by atoms with Crippen LogP contribution in [0, 0.1) is 12.8 Å². The third kappa shape index (κ3) is 4.00. The van der Waals surface area contributed by atoms with Gasteiger partial charge in [0.1, 0.15) is 0 Å². The summed E-state index contributed by atoms with van der Waals surface area (Å²) in [6.07, 6.45) is 0. The monoisotopic (exact) mass is 328 g/mol. The van der Waals surface area contributed by atoms with Crippen LogP contribution >= 0.6 is 27.7 Å². The van der Waals surface area contributed by atoms with Crippen LogP contribution in [0.5, 0.6) is 0 Å². The third-order valence-electron chi connectivity index (χ3n) is 2.95. The Morgan fingerprint density at radius 3 is 2.94 bits per heavy atom. The predicted molar refractivity (Wildman–Crippen MR) is 79.0 cm³/mol. The smallest absolute Gasteiger partial charge is 0.230 e. The first-order valence-electron chi connectivity index (χ1n) is 6.01. The van der Waals surface area contributed by atoms with Gasteiger partial charge >= 0.3 is 0 Å². The second-order valence-electron chi connectivity index (χ2n) is 4.53. The second-order valence-corrected chi connectivity index (χ2v) is 6.46. The van der Waals surface area contributed by atoms with Gasteiger partial charge in [-0.05, 0) is 30.7 Å². The van der Waals surface area contributed by atoms with Crippen molar-refractivity contribution >= 4 is 33.6 Å². The van der Waals surface area contributed by atoms with E-state index in [1.807, 2.05) is 12.1 Å². The zero-order valence-corrected chi connectivity index (χ0v) is 12.7. The fourth-order valence-electron chi connectivity index (χ4n) is 1.72. The number of carbonyl (C=O) groups is 1. The van der Waals surface area contributed by atoms with E-state index in [0.29, 0.717) is 11.7 Å². The number of aryl methyl sites for hydroxylation is 1. The van der Waals surface area contributed by atoms with Crippen LogP contribution in [0.4, 0.5) is 0 Å². The van der Waals surface area contributed by atoms with E-state index >= 15 is 0 Å². The molecule has 2 rings (SSSR count). The molecule has 1 aromatic carbocycles. The van der Waals surface area contributed by atoms with Crippen LogP contribution in [0.1, 0.15) is 5.56 Å². The first-order valence-corrected chi connectivity index (χ1v) is 7.79. The fourth-order valence-corrected chi connectivity index (χ4v) is 3.04. The molecule has 1 heterocycles. The molecule has 0 spiro atoms. The van der Waals surface area contributed by atoms with Gasteiger partial charge in [-0.1, -0.05) is 15.9 Å². The Hall–Kier alpha value is -0.520. The molecule has 5 heteroatoms. The topological polar surface area (TPSA) is 41.1 Å². The Morgan fingerprint density at radius 2 is 2.33 bits per heavy atom. The molecule has 3 nitrogen and oxygen atoms in total. The highest BCUT2D eigenvalue weighted by atomic mass is 79.9. The number of carbonyl (C=O) groups excluding carboxylic acids is 1. The Kier molecular flexibility index (Phi) is 5.09. The van der Waals surface area contributed by atoms with Crippen LogP contribution in [0.2, 0.25) is 0 Å². The number of hydrogen-bond donors (Lipinski definition) is 2. The molecule has 0 saturated carbocycles. The largest absolute Gasteiger partial charge is 0.355 e. The molecule has 18 heavy (non-hydrogen) atoms. The number of benzene rings is 1. The Balaban J connectivity index is 1.74. The molecule has 2 N–H and O–H groups in total. The van der Waals surface area contributed by atoms with Crippen molar-refractivity contribution in [2.24, 2.45) is 5.92 Å². The first-order chi connectivity index (χ1) is 8.65. The summed E-state index contributed by atoms with van der Waals surface area (Å²) >= 11 is 5.03. The lowest BCUT2D eigenvalue weighted by Gasteiger charge is -2.27. The van der Waals surface area contributed by atoms with E-state index in [9.17, 15) is 4.79 Å². The summed E-state index contributed by atoms with van der Waals surface area (Å²) in [6, 6.07) is 6.13. The maximum atomic E-state index is 11.7. The van der Waals surface area contributed by atoms with E-state index in [2.05, 4.69) is 39.6 Å². The van der Waals surface area contributed by atoms with Crippen LogP contribution in [0.3, 0.4) is 0 Å². The van der Waals surface area contributed by atoms with Crippen molar-refractivity contribution in [3.05, 3.63) is 28.2 Å². The predicted octanol–water partition coefficient (Wildman–Crippen LogP) is 2.19. The van der Waals surface area contributed by atoms with Gasteiger partial charge in [-0.2, -0.15) is 0 Å². The van der Waals surface area contributed by atoms with Crippen molar-refractivity contribution in [1.82, 2.24) is 10.6 Å². The van der Waals surface area contributed by atoms with Crippen LogP contribution in [0.25, 0.3) is 0 Å². The van der Waals surface area contributed by atoms with Gasteiger partial charge in [0, 0.05) is 34.9 Å². The molecule has 98 valence electrons. The minimum Gasteiger partial charge on any atom is -0.355 e. The van der Waals surface area contributed by atoms with Crippen molar-refractivity contribution in [1.29, 1.82) is 0 Å². The number of amides is 1. The molecule has 1 aliphatic rings. The minimum absolute atomic E-state index is 0.120. The molecule has 0 unspecified atom stereocenters. The number of hydrogen-bond acceptors (Lipinski definition) is 3. The fraction of sp³-hybridized carbons (Fsp3) is 0.462. The lowest BCUT2D eigenvalue weighted by Crippen LogP contribution is -2.48. The maximum Gasteiger partial charge on any atom is 0.230 e. The molecule has 0 bridgehead atoms. The Bertz CT molecular complexity index is 435. The van der Waals surface area contributed by atoms with Gasteiger partial charge in [-0.3, -0.25) is 4.79 Å². The first kappa shape index (κ1) is 13.9. The highest BCUT2D eigenvalue weighted by molar-refractivity contribution is 9.10. The van der Waals surface area contributed by atoms with E-state index in [1.165, 1.54) is 10.5 Å². The molecule has 0 radical (unpaired) electrons. The Morgan fingerprint density at radius 1 is 1.56 bits per heavy atom. The van der Waals surface area contributed by atoms with Crippen molar-refractivity contribution in [3.8, 4) is 0 Å². The highest BCUT2D eigenvalue weighted by Gasteiger charge is 2.17. The molecule has 1 amide bonds. The van der Waals surface area contributed by atoms with Gasteiger partial charge in [-0.25, -0.2) is 0 Å². The summed E-state index contributed by atoms with van der Waals surface area (Å²) in [4.78, 5) is 12.8. The normalized spacial score (nSPS) is 15.2. The van der Waals surface area contributed by atoms with Gasteiger partial charge in [-0.15, -0.1) is 11.8 Å². The quantitative estimate of drug-likeness (QED) is 0.814. The molecule has 0 aliphatic carbocycles. The summed E-state index contributed by atoms with van der Waals surface area (Å²) in [7, 11) is 0. The summed E-state index contributed by atoms with van der Waals surface area (Å²) in [6.45, 7) is 4.91. The molecular formula is C13H17BrN2OS. The van der Waals surface area contributed by atoms with Crippen LogP contribution in [-0.2, 0) is 4.79 Å². The van der Waals surface area contributed by atoms with Gasteiger partial charge in [0.25, 0.3) is 0 Å². The number of rotatable bonds is 5. The number of halogens is 1. The van der Waals surface area contributed by atoms with Gasteiger partial charge in [0.05, 0.1) is 5.75 Å². The van der Waals surface area contributed by atoms with Crippen LogP contribution < -0.4 is 10.6 Å². The summed E-state index contributed by atoms with van der Waals surface area (Å²) in [5, 5.41) is 6.17.